The van der Waals surface area contributed by atoms with Crippen LogP contribution in [0.15, 0.2) is 4.52 Å². The van der Waals surface area contributed by atoms with Gasteiger partial charge in [0.15, 0.2) is 5.82 Å². The van der Waals surface area contributed by atoms with Crippen molar-refractivity contribution in [1.29, 1.82) is 0 Å². The summed E-state index contributed by atoms with van der Waals surface area (Å²) in [5.41, 5.74) is 0. The van der Waals surface area contributed by atoms with Crippen molar-refractivity contribution in [2.24, 2.45) is 0 Å². The van der Waals surface area contributed by atoms with Crippen LogP contribution < -0.4 is 0 Å². The Hall–Kier alpha value is -1.43. The third kappa shape index (κ3) is 2.82. The monoisotopic (exact) mass is 239 g/mol. The van der Waals surface area contributed by atoms with Crippen molar-refractivity contribution in [3.63, 3.8) is 0 Å². The minimum absolute atomic E-state index is 0.406. The second-order valence-electron chi connectivity index (χ2n) is 4.32. The quantitative estimate of drug-likeness (QED) is 0.828. The third-order valence-corrected chi connectivity index (χ3v) is 2.97. The molecule has 0 saturated carbocycles. The zero-order chi connectivity index (χ0) is 12.3. The molecule has 17 heavy (non-hydrogen) atoms. The normalized spacial score (nSPS) is 20.9. The summed E-state index contributed by atoms with van der Waals surface area (Å²) in [6.45, 7) is 3.27. The molecule has 1 aromatic rings. The Bertz CT molecular complexity index is 391. The fourth-order valence-corrected chi connectivity index (χ4v) is 2.15. The molecule has 1 fully saturated rings. The van der Waals surface area contributed by atoms with Crippen LogP contribution in [-0.2, 0) is 17.8 Å². The van der Waals surface area contributed by atoms with Crippen LogP contribution in [0.2, 0.25) is 0 Å². The molecule has 1 atom stereocenters. The lowest BCUT2D eigenvalue weighted by Crippen LogP contribution is -2.35. The number of rotatable bonds is 5. The maximum atomic E-state index is 11.0. The zero-order valence-corrected chi connectivity index (χ0v) is 9.93. The van der Waals surface area contributed by atoms with Crippen LogP contribution in [-0.4, -0.2) is 38.7 Å². The first kappa shape index (κ1) is 12.0. The van der Waals surface area contributed by atoms with Crippen LogP contribution in [0.3, 0.4) is 0 Å². The fourth-order valence-electron chi connectivity index (χ4n) is 2.15. The van der Waals surface area contributed by atoms with E-state index < -0.39 is 12.0 Å². The predicted molar refractivity (Wildman–Crippen MR) is 59.4 cm³/mol. The van der Waals surface area contributed by atoms with Crippen LogP contribution in [0.4, 0.5) is 0 Å². The van der Waals surface area contributed by atoms with Gasteiger partial charge < -0.3 is 9.63 Å². The van der Waals surface area contributed by atoms with E-state index in [2.05, 4.69) is 17.1 Å². The lowest BCUT2D eigenvalue weighted by atomic mass is 10.2. The number of aryl methyl sites for hydroxylation is 1. The summed E-state index contributed by atoms with van der Waals surface area (Å²) >= 11 is 0. The number of hydrogen-bond donors (Lipinski definition) is 1. The molecule has 0 aliphatic carbocycles. The molecule has 1 aliphatic heterocycles. The van der Waals surface area contributed by atoms with Crippen molar-refractivity contribution in [3.05, 3.63) is 11.7 Å². The number of nitrogens with zero attached hydrogens (tertiary/aromatic N) is 3. The van der Waals surface area contributed by atoms with Crippen molar-refractivity contribution in [1.82, 2.24) is 15.0 Å². The average Bonchev–Trinajstić information content (AvgIpc) is 2.89. The van der Waals surface area contributed by atoms with Gasteiger partial charge in [0.25, 0.3) is 0 Å². The molecule has 1 N–H and O–H groups in total. The molecule has 0 bridgehead atoms. The molecule has 6 heteroatoms. The first-order chi connectivity index (χ1) is 8.20. The molecule has 2 heterocycles. The van der Waals surface area contributed by atoms with Gasteiger partial charge in [0.1, 0.15) is 6.04 Å². The predicted octanol–water partition coefficient (Wildman–Crippen LogP) is 1.07. The van der Waals surface area contributed by atoms with Crippen LogP contribution in [0.25, 0.3) is 0 Å². The van der Waals surface area contributed by atoms with Crippen LogP contribution in [0.5, 0.6) is 0 Å². The molecule has 0 amide bonds. The van der Waals surface area contributed by atoms with Crippen molar-refractivity contribution in [2.75, 3.05) is 6.54 Å². The molecule has 1 saturated heterocycles. The van der Waals surface area contributed by atoms with Crippen LogP contribution in [0, 0.1) is 0 Å². The van der Waals surface area contributed by atoms with E-state index in [1.54, 1.807) is 0 Å². The van der Waals surface area contributed by atoms with E-state index in [0.717, 1.165) is 25.8 Å². The smallest absolute Gasteiger partial charge is 0.320 e. The molecule has 1 aliphatic rings. The SMILES string of the molecule is CCCc1noc(CN2CCCC2C(=O)O)n1. The summed E-state index contributed by atoms with van der Waals surface area (Å²) in [4.78, 5) is 17.1. The Morgan fingerprint density at radius 3 is 3.18 bits per heavy atom. The van der Waals surface area contributed by atoms with Crippen molar-refractivity contribution < 1.29 is 14.4 Å². The molecule has 1 unspecified atom stereocenters. The number of carboxylic acid groups (broad SMARTS) is 1. The highest BCUT2D eigenvalue weighted by molar-refractivity contribution is 5.73. The topological polar surface area (TPSA) is 79.5 Å². The van der Waals surface area contributed by atoms with Crippen LogP contribution in [0.1, 0.15) is 37.9 Å². The molecule has 2 rings (SSSR count). The maximum Gasteiger partial charge on any atom is 0.320 e. The van der Waals surface area contributed by atoms with Gasteiger partial charge in [-0.05, 0) is 25.8 Å². The Balaban J connectivity index is 1.97. The zero-order valence-electron chi connectivity index (χ0n) is 9.93. The van der Waals surface area contributed by atoms with Gasteiger partial charge in [-0.3, -0.25) is 9.69 Å². The number of aromatic nitrogens is 2. The van der Waals surface area contributed by atoms with E-state index in [1.807, 2.05) is 4.90 Å². The number of hydrogen-bond acceptors (Lipinski definition) is 5. The first-order valence-electron chi connectivity index (χ1n) is 5.99. The van der Waals surface area contributed by atoms with Gasteiger partial charge in [-0.1, -0.05) is 12.1 Å². The summed E-state index contributed by atoms with van der Waals surface area (Å²) in [6.07, 6.45) is 3.38. The van der Waals surface area contributed by atoms with Gasteiger partial charge in [-0.2, -0.15) is 4.98 Å². The third-order valence-electron chi connectivity index (χ3n) is 2.97. The Kier molecular flexibility index (Phi) is 3.73. The summed E-state index contributed by atoms with van der Waals surface area (Å²) < 4.78 is 5.11. The lowest BCUT2D eigenvalue weighted by Gasteiger charge is -2.18. The van der Waals surface area contributed by atoms with E-state index in [9.17, 15) is 4.79 Å². The molecule has 0 radical (unpaired) electrons. The minimum atomic E-state index is -0.768. The van der Waals surface area contributed by atoms with E-state index in [4.69, 9.17) is 9.63 Å². The standard InChI is InChI=1S/C11H17N3O3/c1-2-4-9-12-10(17-13-9)7-14-6-3-5-8(14)11(15)16/h8H,2-7H2,1H3,(H,15,16). The van der Waals surface area contributed by atoms with Gasteiger partial charge in [0.2, 0.25) is 5.89 Å². The molecule has 94 valence electrons. The molecule has 6 nitrogen and oxygen atoms in total. The van der Waals surface area contributed by atoms with Crippen LogP contribution >= 0.6 is 0 Å². The second-order valence-corrected chi connectivity index (χ2v) is 4.32. The van der Waals surface area contributed by atoms with E-state index >= 15 is 0 Å². The van der Waals surface area contributed by atoms with E-state index in [0.29, 0.717) is 24.7 Å². The number of aliphatic carboxylic acids is 1. The fraction of sp³-hybridized carbons (Fsp3) is 0.727. The van der Waals surface area contributed by atoms with Gasteiger partial charge >= 0.3 is 5.97 Å². The summed E-state index contributed by atoms with van der Waals surface area (Å²) in [5.74, 6) is 0.450. The summed E-state index contributed by atoms with van der Waals surface area (Å²) in [6, 6.07) is -0.406. The van der Waals surface area contributed by atoms with Gasteiger partial charge in [0, 0.05) is 6.42 Å². The molecular formula is C11H17N3O3. The van der Waals surface area contributed by atoms with Gasteiger partial charge in [-0.15, -0.1) is 0 Å². The largest absolute Gasteiger partial charge is 0.480 e. The molecule has 1 aromatic heterocycles. The van der Waals surface area contributed by atoms with E-state index in [1.165, 1.54) is 0 Å². The molecule has 0 aromatic carbocycles. The Morgan fingerprint density at radius 1 is 1.65 bits per heavy atom. The average molecular weight is 239 g/mol. The first-order valence-corrected chi connectivity index (χ1v) is 5.99. The number of carboxylic acids is 1. The summed E-state index contributed by atoms with van der Waals surface area (Å²) in [5, 5.41) is 12.9. The maximum absolute atomic E-state index is 11.0. The van der Waals surface area contributed by atoms with Gasteiger partial charge in [-0.25, -0.2) is 0 Å². The Labute approximate surface area is 99.6 Å². The highest BCUT2D eigenvalue weighted by atomic mass is 16.5. The van der Waals surface area contributed by atoms with E-state index in [-0.39, 0.29) is 0 Å². The van der Waals surface area contributed by atoms with Crippen molar-refractivity contribution in [2.45, 2.75) is 45.2 Å². The highest BCUT2D eigenvalue weighted by Crippen LogP contribution is 2.19. The lowest BCUT2D eigenvalue weighted by molar-refractivity contribution is -0.142. The summed E-state index contributed by atoms with van der Waals surface area (Å²) in [7, 11) is 0. The second kappa shape index (κ2) is 5.27. The highest BCUT2D eigenvalue weighted by Gasteiger charge is 2.31. The van der Waals surface area contributed by atoms with Crippen molar-refractivity contribution >= 4 is 5.97 Å². The molecule has 0 spiro atoms. The number of likely N-dealkylation sites (tertiary alicyclic amines) is 1. The number of carbonyl (C=O) groups is 1. The molecular weight excluding hydrogens is 222 g/mol. The minimum Gasteiger partial charge on any atom is -0.480 e. The van der Waals surface area contributed by atoms with Crippen molar-refractivity contribution in [3.8, 4) is 0 Å². The van der Waals surface area contributed by atoms with Gasteiger partial charge in [0.05, 0.1) is 6.54 Å². The Morgan fingerprint density at radius 2 is 2.47 bits per heavy atom.